The minimum atomic E-state index is -2.90. The van der Waals surface area contributed by atoms with E-state index < -0.39 is 12.5 Å². The van der Waals surface area contributed by atoms with Crippen LogP contribution in [0.3, 0.4) is 0 Å². The molecule has 0 bridgehead atoms. The predicted octanol–water partition coefficient (Wildman–Crippen LogP) is 6.22. The van der Waals surface area contributed by atoms with Gasteiger partial charge in [0.15, 0.2) is 0 Å². The van der Waals surface area contributed by atoms with E-state index in [1.165, 1.54) is 6.07 Å². The highest BCUT2D eigenvalue weighted by Gasteiger charge is 2.17. The van der Waals surface area contributed by atoms with E-state index in [2.05, 4.69) is 15.4 Å². The van der Waals surface area contributed by atoms with Gasteiger partial charge in [-0.15, -0.1) is 0 Å². The average Bonchev–Trinajstić information content (AvgIpc) is 3.16. The molecular formula is C28H22F2N2O3. The third-order valence-corrected chi connectivity index (χ3v) is 6.04. The molecule has 0 aliphatic heterocycles. The molecule has 0 aliphatic rings. The smallest absolute Gasteiger partial charge is 0.387 e. The lowest BCUT2D eigenvalue weighted by Crippen LogP contribution is -2.11. The lowest BCUT2D eigenvalue weighted by molar-refractivity contribution is -0.0498. The van der Waals surface area contributed by atoms with Crippen LogP contribution in [0.2, 0.25) is 0 Å². The molecule has 5 nitrogen and oxygen atoms in total. The summed E-state index contributed by atoms with van der Waals surface area (Å²) in [7, 11) is 1.62. The summed E-state index contributed by atoms with van der Waals surface area (Å²) < 4.78 is 37.4. The van der Waals surface area contributed by atoms with E-state index in [0.717, 1.165) is 44.2 Å². The van der Waals surface area contributed by atoms with Gasteiger partial charge in [0.2, 0.25) is 5.91 Å². The zero-order valence-electron chi connectivity index (χ0n) is 18.9. The van der Waals surface area contributed by atoms with Crippen LogP contribution < -0.4 is 15.2 Å². The van der Waals surface area contributed by atoms with Gasteiger partial charge in [-0.25, -0.2) is 0 Å². The highest BCUT2D eigenvalue weighted by atomic mass is 19.3. The Labute approximate surface area is 200 Å². The summed E-state index contributed by atoms with van der Waals surface area (Å²) in [4.78, 5) is 12.2. The Morgan fingerprint density at radius 1 is 0.886 bits per heavy atom. The molecule has 5 rings (SSSR count). The first-order valence-corrected chi connectivity index (χ1v) is 11.0. The Morgan fingerprint density at radius 3 is 2.34 bits per heavy atom. The van der Waals surface area contributed by atoms with Crippen molar-refractivity contribution in [2.75, 3.05) is 7.11 Å². The largest absolute Gasteiger partial charge is 0.497 e. The Kier molecular flexibility index (Phi) is 5.82. The topological polar surface area (TPSA) is 66.5 Å². The number of rotatable bonds is 7. The molecule has 5 aromatic rings. The number of alkyl halides is 2. The SMILES string of the molecule is COc1ccc(-c2ccc3c4c(C(N)=O)cccc4n(Cc4cccc(OC(F)F)c4)c3c2)cc1. The van der Waals surface area contributed by atoms with Crippen LogP contribution in [-0.2, 0) is 6.54 Å². The molecule has 1 heterocycles. The summed E-state index contributed by atoms with van der Waals surface area (Å²) in [6.07, 6.45) is 0. The third kappa shape index (κ3) is 4.28. The van der Waals surface area contributed by atoms with Crippen LogP contribution in [0.5, 0.6) is 11.5 Å². The van der Waals surface area contributed by atoms with Gasteiger partial charge in [-0.2, -0.15) is 8.78 Å². The quantitative estimate of drug-likeness (QED) is 0.306. The second-order valence-corrected chi connectivity index (χ2v) is 8.14. The second kappa shape index (κ2) is 9.10. The minimum absolute atomic E-state index is 0.0926. The Hall–Kier alpha value is -4.39. The van der Waals surface area contributed by atoms with Crippen molar-refractivity contribution in [2.24, 2.45) is 5.73 Å². The minimum Gasteiger partial charge on any atom is -0.497 e. The number of hydrogen-bond donors (Lipinski definition) is 1. The van der Waals surface area contributed by atoms with Crippen molar-refractivity contribution in [3.05, 3.63) is 96.1 Å². The lowest BCUT2D eigenvalue weighted by Gasteiger charge is -2.11. The van der Waals surface area contributed by atoms with Crippen LogP contribution in [0.25, 0.3) is 32.9 Å². The molecule has 0 spiro atoms. The van der Waals surface area contributed by atoms with Gasteiger partial charge in [0, 0.05) is 22.9 Å². The van der Waals surface area contributed by atoms with Crippen LogP contribution in [-0.4, -0.2) is 24.2 Å². The molecule has 4 aromatic carbocycles. The number of hydrogen-bond acceptors (Lipinski definition) is 3. The molecule has 0 saturated carbocycles. The van der Waals surface area contributed by atoms with Crippen molar-refractivity contribution in [3.8, 4) is 22.6 Å². The first-order chi connectivity index (χ1) is 16.9. The molecule has 0 saturated heterocycles. The Morgan fingerprint density at radius 2 is 1.63 bits per heavy atom. The van der Waals surface area contributed by atoms with Crippen LogP contribution >= 0.6 is 0 Å². The molecule has 1 amide bonds. The fraction of sp³-hybridized carbons (Fsp3) is 0.107. The van der Waals surface area contributed by atoms with Gasteiger partial charge < -0.3 is 19.8 Å². The molecule has 0 atom stereocenters. The fourth-order valence-electron chi connectivity index (χ4n) is 4.49. The highest BCUT2D eigenvalue weighted by molar-refractivity contribution is 6.18. The van der Waals surface area contributed by atoms with E-state index >= 15 is 0 Å². The zero-order chi connectivity index (χ0) is 24.5. The number of nitrogens with zero attached hydrogens (tertiary/aromatic N) is 1. The molecule has 176 valence electrons. The summed E-state index contributed by atoms with van der Waals surface area (Å²) >= 11 is 0. The average molecular weight is 472 g/mol. The van der Waals surface area contributed by atoms with Gasteiger partial charge in [-0.05, 0) is 59.2 Å². The maximum atomic E-state index is 12.7. The number of ether oxygens (including phenoxy) is 2. The van der Waals surface area contributed by atoms with Gasteiger partial charge in [-0.3, -0.25) is 4.79 Å². The molecule has 1 aromatic heterocycles. The number of methoxy groups -OCH3 is 1. The van der Waals surface area contributed by atoms with Crippen molar-refractivity contribution in [2.45, 2.75) is 13.2 Å². The predicted molar refractivity (Wildman–Crippen MR) is 132 cm³/mol. The lowest BCUT2D eigenvalue weighted by atomic mass is 10.0. The third-order valence-electron chi connectivity index (χ3n) is 6.04. The summed E-state index contributed by atoms with van der Waals surface area (Å²) in [6, 6.07) is 25.8. The van der Waals surface area contributed by atoms with Gasteiger partial charge in [0.05, 0.1) is 18.1 Å². The van der Waals surface area contributed by atoms with E-state index in [0.29, 0.717) is 12.1 Å². The number of benzene rings is 4. The molecule has 35 heavy (non-hydrogen) atoms. The first kappa shape index (κ1) is 22.4. The number of carbonyl (C=O) groups excluding carboxylic acids is 1. The number of halogens is 2. The first-order valence-electron chi connectivity index (χ1n) is 11.0. The Balaban J connectivity index is 1.70. The van der Waals surface area contributed by atoms with Crippen molar-refractivity contribution in [1.29, 1.82) is 0 Å². The maximum Gasteiger partial charge on any atom is 0.387 e. The number of amides is 1. The number of aromatic nitrogens is 1. The molecule has 0 fully saturated rings. The zero-order valence-corrected chi connectivity index (χ0v) is 18.9. The molecule has 0 unspecified atom stereocenters. The summed E-state index contributed by atoms with van der Waals surface area (Å²) in [6.45, 7) is -2.52. The van der Waals surface area contributed by atoms with E-state index in [-0.39, 0.29) is 5.75 Å². The highest BCUT2D eigenvalue weighted by Crippen LogP contribution is 2.35. The van der Waals surface area contributed by atoms with Gasteiger partial charge in [0.1, 0.15) is 11.5 Å². The summed E-state index contributed by atoms with van der Waals surface area (Å²) in [5, 5.41) is 1.64. The number of fused-ring (bicyclic) bond motifs is 3. The standard InChI is InChI=1S/C28H22F2N2O3/c1-34-20-11-8-18(9-12-20)19-10-13-22-25(15-19)32(24-7-3-6-23(26(22)24)27(31)33)16-17-4-2-5-21(14-17)35-28(29)30/h2-15,28H,16H2,1H3,(H2,31,33). The molecule has 2 N–H and O–H groups in total. The van der Waals surface area contributed by atoms with Crippen LogP contribution in [0.1, 0.15) is 15.9 Å². The van der Waals surface area contributed by atoms with Crippen molar-refractivity contribution in [3.63, 3.8) is 0 Å². The van der Waals surface area contributed by atoms with E-state index in [9.17, 15) is 13.6 Å². The van der Waals surface area contributed by atoms with Gasteiger partial charge >= 0.3 is 6.61 Å². The van der Waals surface area contributed by atoms with Crippen molar-refractivity contribution < 1.29 is 23.0 Å². The molecule has 7 heteroatoms. The second-order valence-electron chi connectivity index (χ2n) is 8.14. The maximum absolute atomic E-state index is 12.7. The van der Waals surface area contributed by atoms with E-state index in [1.54, 1.807) is 31.4 Å². The van der Waals surface area contributed by atoms with E-state index in [1.807, 2.05) is 48.5 Å². The summed E-state index contributed by atoms with van der Waals surface area (Å²) in [5.41, 5.74) is 10.6. The summed E-state index contributed by atoms with van der Waals surface area (Å²) in [5.74, 6) is 0.345. The number of carbonyl (C=O) groups is 1. The molecule has 0 aliphatic carbocycles. The van der Waals surface area contributed by atoms with Crippen molar-refractivity contribution in [1.82, 2.24) is 4.57 Å². The molecular weight excluding hydrogens is 450 g/mol. The van der Waals surface area contributed by atoms with Gasteiger partial charge in [-0.1, -0.05) is 42.5 Å². The van der Waals surface area contributed by atoms with Crippen molar-refractivity contribution >= 4 is 27.7 Å². The van der Waals surface area contributed by atoms with Crippen LogP contribution in [0, 0.1) is 0 Å². The Bertz CT molecular complexity index is 1540. The van der Waals surface area contributed by atoms with Gasteiger partial charge in [0.25, 0.3) is 0 Å². The normalized spacial score (nSPS) is 11.3. The van der Waals surface area contributed by atoms with Crippen LogP contribution in [0.4, 0.5) is 8.78 Å². The fourth-order valence-corrected chi connectivity index (χ4v) is 4.49. The van der Waals surface area contributed by atoms with Crippen LogP contribution in [0.15, 0.2) is 84.9 Å². The molecule has 0 radical (unpaired) electrons. The van der Waals surface area contributed by atoms with E-state index in [4.69, 9.17) is 10.5 Å². The number of primary amides is 1. The number of nitrogens with two attached hydrogens (primary N) is 1. The monoisotopic (exact) mass is 472 g/mol.